The molecule has 1 amide bonds. The summed E-state index contributed by atoms with van der Waals surface area (Å²) < 4.78 is 40.0. The first kappa shape index (κ1) is 23.2. The smallest absolute Gasteiger partial charge is 0.376 e. The average molecular weight is 490 g/mol. The van der Waals surface area contributed by atoms with Crippen molar-refractivity contribution in [3.63, 3.8) is 0 Å². The Hall–Kier alpha value is -2.43. The summed E-state index contributed by atoms with van der Waals surface area (Å²) in [6, 6.07) is 9.49. The van der Waals surface area contributed by atoms with E-state index in [0.717, 1.165) is 23.9 Å². The molecule has 0 radical (unpaired) electrons. The van der Waals surface area contributed by atoms with Crippen LogP contribution in [0.1, 0.15) is 11.4 Å². The molecule has 3 aromatic rings. The van der Waals surface area contributed by atoms with Crippen LogP contribution in [0.5, 0.6) is 0 Å². The van der Waals surface area contributed by atoms with Crippen molar-refractivity contribution in [3.8, 4) is 0 Å². The lowest BCUT2D eigenvalue weighted by atomic mass is 10.2. The van der Waals surface area contributed by atoms with Crippen molar-refractivity contribution in [3.05, 3.63) is 63.9 Å². The first-order valence-electron chi connectivity index (χ1n) is 8.80. The largest absolute Gasteiger partial charge is 0.416 e. The summed E-state index contributed by atoms with van der Waals surface area (Å²) in [5, 5.41) is 15.2. The third kappa shape index (κ3) is 6.28. The van der Waals surface area contributed by atoms with Gasteiger partial charge in [-0.05, 0) is 36.4 Å². The van der Waals surface area contributed by atoms with E-state index in [4.69, 9.17) is 23.2 Å². The molecule has 3 rings (SSSR count). The molecule has 2 aromatic carbocycles. The minimum atomic E-state index is -4.48. The molecule has 0 unspecified atom stereocenters. The maximum absolute atomic E-state index is 12.8. The minimum Gasteiger partial charge on any atom is -0.376 e. The quantitative estimate of drug-likeness (QED) is 0.429. The molecule has 0 saturated heterocycles. The zero-order chi connectivity index (χ0) is 22.6. The fraction of sp³-hybridized carbons (Fsp3) is 0.211. The van der Waals surface area contributed by atoms with Crippen LogP contribution in [0.15, 0.2) is 47.6 Å². The lowest BCUT2D eigenvalue weighted by Crippen LogP contribution is -2.15. The molecule has 0 aliphatic heterocycles. The van der Waals surface area contributed by atoms with Crippen LogP contribution in [-0.4, -0.2) is 26.4 Å². The fourth-order valence-electron chi connectivity index (χ4n) is 2.53. The van der Waals surface area contributed by atoms with E-state index in [0.29, 0.717) is 33.3 Å². The number of aromatic nitrogens is 3. The van der Waals surface area contributed by atoms with Gasteiger partial charge < -0.3 is 15.2 Å². The Bertz CT molecular complexity index is 1090. The van der Waals surface area contributed by atoms with Crippen LogP contribution in [-0.2, 0) is 24.6 Å². The molecule has 1 aromatic heterocycles. The number of nitrogens with one attached hydrogen (secondary N) is 2. The first-order valence-corrected chi connectivity index (χ1v) is 10.5. The van der Waals surface area contributed by atoms with E-state index >= 15 is 0 Å². The molecular formula is C19H16Cl2F3N5OS. The van der Waals surface area contributed by atoms with Gasteiger partial charge in [-0.25, -0.2) is 0 Å². The van der Waals surface area contributed by atoms with Crippen LogP contribution >= 0.6 is 35.0 Å². The van der Waals surface area contributed by atoms with Crippen LogP contribution in [0.4, 0.5) is 24.5 Å². The number of halogens is 5. The molecule has 0 atom stereocenters. The van der Waals surface area contributed by atoms with E-state index in [9.17, 15) is 18.0 Å². The number of nitrogens with zero attached hydrogens (tertiary/aromatic N) is 3. The summed E-state index contributed by atoms with van der Waals surface area (Å²) in [5.41, 5.74) is -0.114. The van der Waals surface area contributed by atoms with Crippen LogP contribution in [0.3, 0.4) is 0 Å². The molecule has 0 spiro atoms. The molecule has 2 N–H and O–H groups in total. The van der Waals surface area contributed by atoms with Gasteiger partial charge in [0.2, 0.25) is 5.91 Å². The number of rotatable bonds is 7. The molecule has 12 heteroatoms. The van der Waals surface area contributed by atoms with Crippen molar-refractivity contribution in [2.75, 3.05) is 16.4 Å². The van der Waals surface area contributed by atoms with Crippen molar-refractivity contribution in [1.82, 2.24) is 14.8 Å². The van der Waals surface area contributed by atoms with Gasteiger partial charge in [-0.2, -0.15) is 13.2 Å². The highest BCUT2D eigenvalue weighted by molar-refractivity contribution is 7.99. The lowest BCUT2D eigenvalue weighted by molar-refractivity contribution is -0.137. The zero-order valence-corrected chi connectivity index (χ0v) is 18.3. The Morgan fingerprint density at radius 1 is 1.16 bits per heavy atom. The number of benzene rings is 2. The van der Waals surface area contributed by atoms with Gasteiger partial charge in [0, 0.05) is 17.8 Å². The van der Waals surface area contributed by atoms with Crippen LogP contribution in [0, 0.1) is 0 Å². The Balaban J connectivity index is 1.56. The second kappa shape index (κ2) is 9.80. The van der Waals surface area contributed by atoms with Crippen molar-refractivity contribution in [2.24, 2.45) is 7.05 Å². The second-order valence-electron chi connectivity index (χ2n) is 6.35. The highest BCUT2D eigenvalue weighted by Crippen LogP contribution is 2.31. The third-order valence-electron chi connectivity index (χ3n) is 4.10. The number of amides is 1. The predicted octanol–water partition coefficient (Wildman–Crippen LogP) is 5.48. The number of alkyl halides is 3. The molecule has 0 bridgehead atoms. The molecule has 0 aliphatic carbocycles. The average Bonchev–Trinajstić information content (AvgIpc) is 3.06. The highest BCUT2D eigenvalue weighted by Gasteiger charge is 2.30. The van der Waals surface area contributed by atoms with Gasteiger partial charge in [-0.15, -0.1) is 10.2 Å². The number of hydrogen-bond acceptors (Lipinski definition) is 5. The van der Waals surface area contributed by atoms with E-state index in [1.54, 1.807) is 29.8 Å². The van der Waals surface area contributed by atoms with Crippen molar-refractivity contribution in [1.29, 1.82) is 0 Å². The van der Waals surface area contributed by atoms with Crippen LogP contribution in [0.25, 0.3) is 0 Å². The monoisotopic (exact) mass is 489 g/mol. The predicted molar refractivity (Wildman–Crippen MR) is 116 cm³/mol. The van der Waals surface area contributed by atoms with Gasteiger partial charge in [0.05, 0.1) is 28.6 Å². The molecule has 0 fully saturated rings. The number of thioether (sulfide) groups is 1. The van der Waals surface area contributed by atoms with Crippen molar-refractivity contribution < 1.29 is 18.0 Å². The zero-order valence-electron chi connectivity index (χ0n) is 16.0. The molecule has 1 heterocycles. The van der Waals surface area contributed by atoms with E-state index in [1.807, 2.05) is 0 Å². The van der Waals surface area contributed by atoms with E-state index in [1.165, 1.54) is 12.1 Å². The Morgan fingerprint density at radius 2 is 1.94 bits per heavy atom. The minimum absolute atomic E-state index is 0.0459. The first-order chi connectivity index (χ1) is 14.6. The molecule has 0 aliphatic rings. The van der Waals surface area contributed by atoms with Crippen molar-refractivity contribution >= 4 is 52.2 Å². The van der Waals surface area contributed by atoms with Gasteiger partial charge in [0.25, 0.3) is 0 Å². The summed E-state index contributed by atoms with van der Waals surface area (Å²) in [7, 11) is 1.74. The fourth-order valence-corrected chi connectivity index (χ4v) is 3.62. The molecule has 164 valence electrons. The summed E-state index contributed by atoms with van der Waals surface area (Å²) in [6.45, 7) is 0.320. The maximum Gasteiger partial charge on any atom is 0.416 e. The molecule has 0 saturated carbocycles. The van der Waals surface area contributed by atoms with Crippen LogP contribution in [0.2, 0.25) is 10.0 Å². The molecule has 6 nitrogen and oxygen atoms in total. The van der Waals surface area contributed by atoms with Crippen LogP contribution < -0.4 is 10.6 Å². The number of anilines is 2. The summed E-state index contributed by atoms with van der Waals surface area (Å²) in [4.78, 5) is 12.1. The third-order valence-corrected chi connectivity index (χ3v) is 5.68. The lowest BCUT2D eigenvalue weighted by Gasteiger charge is -2.10. The van der Waals surface area contributed by atoms with E-state index in [2.05, 4.69) is 20.8 Å². The highest BCUT2D eigenvalue weighted by atomic mass is 35.5. The van der Waals surface area contributed by atoms with Crippen molar-refractivity contribution in [2.45, 2.75) is 17.9 Å². The Labute approximate surface area is 190 Å². The number of carbonyl (C=O) groups excluding carboxylic acids is 1. The summed E-state index contributed by atoms with van der Waals surface area (Å²) in [6.07, 6.45) is -4.48. The van der Waals surface area contributed by atoms with E-state index < -0.39 is 17.6 Å². The SMILES string of the molecule is Cn1c(CNc2cc(Cl)ccc2Cl)nnc1SCC(=O)Nc1cccc(C(F)(F)F)c1. The molecule has 31 heavy (non-hydrogen) atoms. The molecular weight excluding hydrogens is 474 g/mol. The number of hydrogen-bond donors (Lipinski definition) is 2. The van der Waals surface area contributed by atoms with Gasteiger partial charge in [-0.3, -0.25) is 4.79 Å². The standard InChI is InChI=1S/C19H16Cl2F3N5OS/c1-29-16(9-25-15-8-12(20)5-6-14(15)21)27-28-18(29)31-10-17(30)26-13-4-2-3-11(7-13)19(22,23)24/h2-8,25H,9-10H2,1H3,(H,26,30). The maximum atomic E-state index is 12.8. The number of carbonyl (C=O) groups is 1. The van der Waals surface area contributed by atoms with Gasteiger partial charge in [0.15, 0.2) is 11.0 Å². The van der Waals surface area contributed by atoms with Gasteiger partial charge in [-0.1, -0.05) is 41.0 Å². The topological polar surface area (TPSA) is 71.8 Å². The summed E-state index contributed by atoms with van der Waals surface area (Å²) >= 11 is 13.2. The van der Waals surface area contributed by atoms with Gasteiger partial charge >= 0.3 is 6.18 Å². The second-order valence-corrected chi connectivity index (χ2v) is 8.14. The Kier molecular flexibility index (Phi) is 7.34. The summed E-state index contributed by atoms with van der Waals surface area (Å²) in [5.74, 6) is 0.0880. The van der Waals surface area contributed by atoms with E-state index in [-0.39, 0.29) is 11.4 Å². The van der Waals surface area contributed by atoms with Gasteiger partial charge in [0.1, 0.15) is 0 Å². The Morgan fingerprint density at radius 3 is 2.68 bits per heavy atom. The normalized spacial score (nSPS) is 11.4.